The fourth-order valence-corrected chi connectivity index (χ4v) is 3.81. The summed E-state index contributed by atoms with van der Waals surface area (Å²) in [5, 5.41) is 0. The minimum absolute atomic E-state index is 0.211. The average molecular weight is 360 g/mol. The van der Waals surface area contributed by atoms with Crippen LogP contribution in [0.15, 0.2) is 12.1 Å². The monoisotopic (exact) mass is 359 g/mol. The first-order chi connectivity index (χ1) is 12.6. The van der Waals surface area contributed by atoms with Gasteiger partial charge in [0.2, 0.25) is 0 Å². The summed E-state index contributed by atoms with van der Waals surface area (Å²) in [5.74, 6) is 0.211. The van der Waals surface area contributed by atoms with Gasteiger partial charge in [-0.3, -0.25) is 4.79 Å². The highest BCUT2D eigenvalue weighted by Gasteiger charge is 2.12. The van der Waals surface area contributed by atoms with Gasteiger partial charge in [0.15, 0.2) is 5.78 Å². The lowest BCUT2D eigenvalue weighted by Crippen LogP contribution is -2.07. The smallest absolute Gasteiger partial charge is 0.165 e. The van der Waals surface area contributed by atoms with Crippen LogP contribution in [0, 0.1) is 13.8 Å². The molecule has 2 heteroatoms. The molecule has 1 aromatic carbocycles. The molecule has 26 heavy (non-hydrogen) atoms. The molecule has 0 unspecified atom stereocenters. The second-order valence-electron chi connectivity index (χ2n) is 7.96. The van der Waals surface area contributed by atoms with Crippen molar-refractivity contribution in [3.8, 4) is 0 Å². The standard InChI is InChI=1S/C24H41NO/c1-4-5-6-7-8-9-10-11-12-13-14-15-16-17-23(26)24-21(3)18-20(2)19-22(24)25/h18-19H,4-17,25H2,1-3H3. The number of carbonyl (C=O) groups excluding carboxylic acids is 1. The summed E-state index contributed by atoms with van der Waals surface area (Å²) < 4.78 is 0. The van der Waals surface area contributed by atoms with Gasteiger partial charge in [0.25, 0.3) is 0 Å². The number of ketones is 1. The summed E-state index contributed by atoms with van der Waals surface area (Å²) >= 11 is 0. The van der Waals surface area contributed by atoms with E-state index in [0.29, 0.717) is 12.1 Å². The third-order valence-electron chi connectivity index (χ3n) is 5.30. The molecule has 148 valence electrons. The Kier molecular flexibility index (Phi) is 12.1. The zero-order chi connectivity index (χ0) is 19.2. The summed E-state index contributed by atoms with van der Waals surface area (Å²) in [6, 6.07) is 3.96. The minimum Gasteiger partial charge on any atom is -0.398 e. The number of benzene rings is 1. The lowest BCUT2D eigenvalue weighted by molar-refractivity contribution is 0.0979. The molecule has 0 aromatic heterocycles. The third-order valence-corrected chi connectivity index (χ3v) is 5.30. The van der Waals surface area contributed by atoms with Crippen LogP contribution in [0.4, 0.5) is 5.69 Å². The van der Waals surface area contributed by atoms with Crippen molar-refractivity contribution < 1.29 is 4.79 Å². The molecule has 1 rings (SSSR count). The van der Waals surface area contributed by atoms with Gasteiger partial charge in [0.1, 0.15) is 0 Å². The maximum absolute atomic E-state index is 12.4. The molecule has 0 aliphatic rings. The Morgan fingerprint density at radius 3 is 1.69 bits per heavy atom. The van der Waals surface area contributed by atoms with Gasteiger partial charge >= 0.3 is 0 Å². The maximum Gasteiger partial charge on any atom is 0.165 e. The number of nitrogen functional groups attached to an aromatic ring is 1. The van der Waals surface area contributed by atoms with Gasteiger partial charge in [-0.1, -0.05) is 90.0 Å². The molecule has 0 bridgehead atoms. The number of hydrogen-bond acceptors (Lipinski definition) is 2. The Morgan fingerprint density at radius 1 is 0.769 bits per heavy atom. The summed E-state index contributed by atoms with van der Waals surface area (Å²) in [6.07, 6.45) is 17.9. The SMILES string of the molecule is CCCCCCCCCCCCCCCC(=O)c1c(C)cc(C)cc1N. The Balaban J connectivity index is 2.02. The van der Waals surface area contributed by atoms with Crippen LogP contribution in [0.1, 0.15) is 118 Å². The molecular weight excluding hydrogens is 318 g/mol. The normalized spacial score (nSPS) is 11.0. The molecule has 0 fully saturated rings. The summed E-state index contributed by atoms with van der Waals surface area (Å²) in [6.45, 7) is 6.28. The lowest BCUT2D eigenvalue weighted by Gasteiger charge is -2.10. The number of aryl methyl sites for hydroxylation is 2. The molecule has 2 nitrogen and oxygen atoms in total. The number of carbonyl (C=O) groups is 1. The van der Waals surface area contributed by atoms with Crippen LogP contribution in [0.3, 0.4) is 0 Å². The number of nitrogens with two attached hydrogens (primary N) is 1. The predicted molar refractivity (Wildman–Crippen MR) is 115 cm³/mol. The predicted octanol–water partition coefficient (Wildman–Crippen LogP) is 7.55. The Morgan fingerprint density at radius 2 is 1.23 bits per heavy atom. The lowest BCUT2D eigenvalue weighted by atomic mass is 9.96. The summed E-state index contributed by atoms with van der Waals surface area (Å²) in [4.78, 5) is 12.4. The number of rotatable bonds is 15. The molecule has 0 radical (unpaired) electrons. The van der Waals surface area contributed by atoms with Gasteiger partial charge < -0.3 is 5.73 Å². The first-order valence-corrected chi connectivity index (χ1v) is 11.0. The van der Waals surface area contributed by atoms with E-state index in [9.17, 15) is 4.79 Å². The third kappa shape index (κ3) is 9.40. The Bertz CT molecular complexity index is 498. The van der Waals surface area contributed by atoms with E-state index < -0.39 is 0 Å². The molecule has 0 saturated heterocycles. The van der Waals surface area contributed by atoms with Crippen LogP contribution >= 0.6 is 0 Å². The van der Waals surface area contributed by atoms with E-state index in [4.69, 9.17) is 5.73 Å². The highest BCUT2D eigenvalue weighted by Crippen LogP contribution is 2.22. The zero-order valence-electron chi connectivity index (χ0n) is 17.5. The maximum atomic E-state index is 12.4. The van der Waals surface area contributed by atoms with Gasteiger partial charge in [-0.2, -0.15) is 0 Å². The van der Waals surface area contributed by atoms with Gasteiger partial charge in [-0.15, -0.1) is 0 Å². The number of hydrogen-bond donors (Lipinski definition) is 1. The van der Waals surface area contributed by atoms with Crippen molar-refractivity contribution in [1.82, 2.24) is 0 Å². The molecule has 0 aliphatic carbocycles. The van der Waals surface area contributed by atoms with Crippen LogP contribution in [-0.4, -0.2) is 5.78 Å². The second kappa shape index (κ2) is 13.8. The molecule has 0 atom stereocenters. The highest BCUT2D eigenvalue weighted by atomic mass is 16.1. The van der Waals surface area contributed by atoms with E-state index in [1.165, 1.54) is 70.6 Å². The van der Waals surface area contributed by atoms with Crippen molar-refractivity contribution in [3.05, 3.63) is 28.8 Å². The second-order valence-corrected chi connectivity index (χ2v) is 7.96. The first kappa shape index (κ1) is 22.7. The molecule has 0 heterocycles. The van der Waals surface area contributed by atoms with E-state index in [1.807, 2.05) is 26.0 Å². The van der Waals surface area contributed by atoms with E-state index in [1.54, 1.807) is 0 Å². The van der Waals surface area contributed by atoms with E-state index in [0.717, 1.165) is 29.5 Å². The molecule has 0 saturated carbocycles. The van der Waals surface area contributed by atoms with Gasteiger partial charge in [-0.05, 0) is 37.5 Å². The fourth-order valence-electron chi connectivity index (χ4n) is 3.81. The molecular formula is C24H41NO. The summed E-state index contributed by atoms with van der Waals surface area (Å²) in [5.41, 5.74) is 9.57. The van der Waals surface area contributed by atoms with Crippen LogP contribution < -0.4 is 5.73 Å². The molecule has 0 amide bonds. The van der Waals surface area contributed by atoms with Crippen molar-refractivity contribution >= 4 is 11.5 Å². The van der Waals surface area contributed by atoms with E-state index >= 15 is 0 Å². The van der Waals surface area contributed by atoms with Crippen LogP contribution in [0.25, 0.3) is 0 Å². The molecule has 0 spiro atoms. The first-order valence-electron chi connectivity index (χ1n) is 11.0. The minimum atomic E-state index is 0.211. The quantitative estimate of drug-likeness (QED) is 0.199. The van der Waals surface area contributed by atoms with Crippen molar-refractivity contribution in [1.29, 1.82) is 0 Å². The molecule has 2 N–H and O–H groups in total. The Hall–Kier alpha value is -1.31. The van der Waals surface area contributed by atoms with Crippen molar-refractivity contribution in [2.75, 3.05) is 5.73 Å². The molecule has 0 aliphatic heterocycles. The van der Waals surface area contributed by atoms with Crippen molar-refractivity contribution in [2.24, 2.45) is 0 Å². The van der Waals surface area contributed by atoms with Gasteiger partial charge in [0.05, 0.1) is 0 Å². The molecule has 1 aromatic rings. The van der Waals surface area contributed by atoms with Crippen LogP contribution in [-0.2, 0) is 0 Å². The Labute approximate surface area is 162 Å². The topological polar surface area (TPSA) is 43.1 Å². The van der Waals surface area contributed by atoms with Crippen molar-refractivity contribution in [3.63, 3.8) is 0 Å². The average Bonchev–Trinajstić information content (AvgIpc) is 2.58. The van der Waals surface area contributed by atoms with Gasteiger partial charge in [-0.25, -0.2) is 0 Å². The zero-order valence-corrected chi connectivity index (χ0v) is 17.5. The van der Waals surface area contributed by atoms with Gasteiger partial charge in [0, 0.05) is 17.7 Å². The number of Topliss-reactive ketones (excluding diaryl/α,β-unsaturated/α-hetero) is 1. The van der Waals surface area contributed by atoms with Crippen LogP contribution in [0.2, 0.25) is 0 Å². The van der Waals surface area contributed by atoms with E-state index in [2.05, 4.69) is 6.92 Å². The summed E-state index contributed by atoms with van der Waals surface area (Å²) in [7, 11) is 0. The van der Waals surface area contributed by atoms with Crippen molar-refractivity contribution in [2.45, 2.75) is 111 Å². The number of unbranched alkanes of at least 4 members (excludes halogenated alkanes) is 12. The largest absolute Gasteiger partial charge is 0.398 e. The van der Waals surface area contributed by atoms with Crippen LogP contribution in [0.5, 0.6) is 0 Å². The number of anilines is 1. The van der Waals surface area contributed by atoms with E-state index in [-0.39, 0.29) is 5.78 Å². The fraction of sp³-hybridized carbons (Fsp3) is 0.708. The highest BCUT2D eigenvalue weighted by molar-refractivity contribution is 6.02.